The number of nitrogens with one attached hydrogen (secondary N) is 2. The molecule has 3 N–H and O–H groups in total. The monoisotopic (exact) mass is 486 g/mol. The smallest absolute Gasteiger partial charge is 0.407 e. The first-order valence-corrected chi connectivity index (χ1v) is 12.3. The number of aliphatic carboxylic acids is 1. The third kappa shape index (κ3) is 6.98. The van der Waals surface area contributed by atoms with Gasteiger partial charge in [0.1, 0.15) is 12.6 Å². The van der Waals surface area contributed by atoms with Crippen LogP contribution in [-0.2, 0) is 19.1 Å². The molecule has 2 aromatic rings. The summed E-state index contributed by atoms with van der Waals surface area (Å²) in [6.07, 6.45) is 0.331. The van der Waals surface area contributed by atoms with Crippen molar-refractivity contribution in [3.05, 3.63) is 59.7 Å². The first-order chi connectivity index (χ1) is 16.5. The molecule has 0 saturated heterocycles. The summed E-state index contributed by atoms with van der Waals surface area (Å²) in [6.45, 7) is 0.937. The number of hydrogen-bond acceptors (Lipinski definition) is 6. The van der Waals surface area contributed by atoms with Gasteiger partial charge in [-0.2, -0.15) is 0 Å². The number of carbonyl (C=O) groups excluding carboxylic acids is 2. The van der Waals surface area contributed by atoms with Crippen LogP contribution in [-0.4, -0.2) is 67.5 Å². The maximum atomic E-state index is 12.6. The number of ether oxygens (including phenoxy) is 2. The fourth-order valence-corrected chi connectivity index (χ4v) is 4.58. The van der Waals surface area contributed by atoms with Crippen molar-refractivity contribution >= 4 is 29.7 Å². The molecule has 1 aliphatic carbocycles. The highest BCUT2D eigenvalue weighted by Crippen LogP contribution is 2.44. The highest BCUT2D eigenvalue weighted by Gasteiger charge is 2.29. The van der Waals surface area contributed by atoms with Crippen LogP contribution in [0.15, 0.2) is 48.5 Å². The van der Waals surface area contributed by atoms with E-state index in [9.17, 15) is 14.4 Å². The summed E-state index contributed by atoms with van der Waals surface area (Å²) < 4.78 is 10.6. The second-order valence-corrected chi connectivity index (χ2v) is 9.00. The lowest BCUT2D eigenvalue weighted by molar-refractivity contribution is -0.133. The molecule has 1 unspecified atom stereocenters. The van der Waals surface area contributed by atoms with Crippen LogP contribution in [0.2, 0.25) is 0 Å². The molecule has 1 atom stereocenters. The first kappa shape index (κ1) is 25.6. The third-order valence-electron chi connectivity index (χ3n) is 5.56. The number of carboxylic acid groups (broad SMARTS) is 1. The molecule has 0 bridgehead atoms. The molecular formula is C25H30N2O6S. The SMILES string of the molecule is COCCCC(NC(=O)OCC1c2ccccc2-c2ccccc21)C(=O)NCCSCC(=O)O. The lowest BCUT2D eigenvalue weighted by Crippen LogP contribution is -2.47. The number of thioether (sulfide) groups is 1. The zero-order valence-corrected chi connectivity index (χ0v) is 19.9. The van der Waals surface area contributed by atoms with Crippen LogP contribution in [0.25, 0.3) is 11.1 Å². The average molecular weight is 487 g/mol. The number of benzene rings is 2. The number of fused-ring (bicyclic) bond motifs is 3. The third-order valence-corrected chi connectivity index (χ3v) is 6.51. The number of alkyl carbamates (subject to hydrolysis) is 1. The van der Waals surface area contributed by atoms with Crippen LogP contribution >= 0.6 is 11.8 Å². The normalized spacial score (nSPS) is 13.0. The topological polar surface area (TPSA) is 114 Å². The Kier molecular flexibility index (Phi) is 9.78. The molecular weight excluding hydrogens is 456 g/mol. The lowest BCUT2D eigenvalue weighted by atomic mass is 9.98. The summed E-state index contributed by atoms with van der Waals surface area (Å²) in [6, 6.07) is 15.4. The van der Waals surface area contributed by atoms with Crippen molar-refractivity contribution in [2.45, 2.75) is 24.8 Å². The fourth-order valence-electron chi connectivity index (χ4n) is 4.01. The first-order valence-electron chi connectivity index (χ1n) is 11.2. The number of amides is 2. The number of rotatable bonds is 13. The molecule has 2 aromatic carbocycles. The minimum Gasteiger partial charge on any atom is -0.481 e. The molecule has 0 radical (unpaired) electrons. The Hall–Kier alpha value is -3.04. The van der Waals surface area contributed by atoms with Gasteiger partial charge in [0, 0.05) is 31.9 Å². The highest BCUT2D eigenvalue weighted by atomic mass is 32.2. The van der Waals surface area contributed by atoms with E-state index >= 15 is 0 Å². The van der Waals surface area contributed by atoms with E-state index in [1.54, 1.807) is 7.11 Å². The van der Waals surface area contributed by atoms with E-state index in [-0.39, 0.29) is 24.2 Å². The Morgan fingerprint density at radius 1 is 1.06 bits per heavy atom. The molecule has 2 amide bonds. The minimum absolute atomic E-state index is 0.0227. The molecule has 9 heteroatoms. The van der Waals surface area contributed by atoms with Crippen molar-refractivity contribution in [1.29, 1.82) is 0 Å². The predicted octanol–water partition coefficient (Wildman–Crippen LogP) is 3.25. The van der Waals surface area contributed by atoms with E-state index in [0.717, 1.165) is 22.3 Å². The number of methoxy groups -OCH3 is 1. The second-order valence-electron chi connectivity index (χ2n) is 7.89. The molecule has 0 spiro atoms. The average Bonchev–Trinajstić information content (AvgIpc) is 3.15. The Morgan fingerprint density at radius 2 is 1.71 bits per heavy atom. The molecule has 8 nitrogen and oxygen atoms in total. The molecule has 1 aliphatic rings. The summed E-state index contributed by atoms with van der Waals surface area (Å²) in [7, 11) is 1.58. The van der Waals surface area contributed by atoms with Gasteiger partial charge in [0.05, 0.1) is 5.75 Å². The van der Waals surface area contributed by atoms with Gasteiger partial charge in [-0.1, -0.05) is 48.5 Å². The summed E-state index contributed by atoms with van der Waals surface area (Å²) in [5, 5.41) is 14.1. The fraction of sp³-hybridized carbons (Fsp3) is 0.400. The van der Waals surface area contributed by atoms with Crippen LogP contribution < -0.4 is 10.6 Å². The lowest BCUT2D eigenvalue weighted by Gasteiger charge is -2.20. The minimum atomic E-state index is -0.898. The van der Waals surface area contributed by atoms with E-state index < -0.39 is 18.1 Å². The van der Waals surface area contributed by atoms with Gasteiger partial charge < -0.3 is 25.2 Å². The van der Waals surface area contributed by atoms with Crippen molar-refractivity contribution in [2.24, 2.45) is 0 Å². The Bertz CT molecular complexity index is 953. The second kappa shape index (κ2) is 13.0. The van der Waals surface area contributed by atoms with Gasteiger partial charge in [0.25, 0.3) is 0 Å². The van der Waals surface area contributed by atoms with Gasteiger partial charge in [-0.15, -0.1) is 11.8 Å². The Labute approximate surface area is 203 Å². The molecule has 3 rings (SSSR count). The predicted molar refractivity (Wildman–Crippen MR) is 131 cm³/mol. The van der Waals surface area contributed by atoms with Crippen molar-refractivity contribution in [3.8, 4) is 11.1 Å². The summed E-state index contributed by atoms with van der Waals surface area (Å²) in [4.78, 5) is 35.8. The van der Waals surface area contributed by atoms with Crippen molar-refractivity contribution in [1.82, 2.24) is 10.6 Å². The van der Waals surface area contributed by atoms with E-state index in [4.69, 9.17) is 14.6 Å². The largest absolute Gasteiger partial charge is 0.481 e. The maximum absolute atomic E-state index is 12.6. The van der Waals surface area contributed by atoms with Gasteiger partial charge in [-0.25, -0.2) is 4.79 Å². The van der Waals surface area contributed by atoms with E-state index in [2.05, 4.69) is 22.8 Å². The quantitative estimate of drug-likeness (QED) is 0.373. The van der Waals surface area contributed by atoms with Gasteiger partial charge >= 0.3 is 12.1 Å². The molecule has 0 heterocycles. The van der Waals surface area contributed by atoms with Gasteiger partial charge in [0.15, 0.2) is 0 Å². The van der Waals surface area contributed by atoms with Gasteiger partial charge in [-0.05, 0) is 35.1 Å². The molecule has 0 fully saturated rings. The molecule has 182 valence electrons. The molecule has 0 aliphatic heterocycles. The van der Waals surface area contributed by atoms with Crippen LogP contribution in [0.3, 0.4) is 0 Å². The Morgan fingerprint density at radius 3 is 2.32 bits per heavy atom. The van der Waals surface area contributed by atoms with E-state index in [1.165, 1.54) is 11.8 Å². The van der Waals surface area contributed by atoms with Gasteiger partial charge in [-0.3, -0.25) is 9.59 Å². The molecule has 0 aromatic heterocycles. The van der Waals surface area contributed by atoms with Crippen molar-refractivity contribution in [2.75, 3.05) is 38.4 Å². The van der Waals surface area contributed by atoms with Crippen LogP contribution in [0, 0.1) is 0 Å². The maximum Gasteiger partial charge on any atom is 0.407 e. The Balaban J connectivity index is 1.55. The zero-order chi connectivity index (χ0) is 24.3. The molecule has 34 heavy (non-hydrogen) atoms. The summed E-state index contributed by atoms with van der Waals surface area (Å²) in [5.41, 5.74) is 4.52. The zero-order valence-electron chi connectivity index (χ0n) is 19.1. The van der Waals surface area contributed by atoms with Crippen molar-refractivity contribution in [3.63, 3.8) is 0 Å². The number of carbonyl (C=O) groups is 3. The molecule has 0 saturated carbocycles. The summed E-state index contributed by atoms with van der Waals surface area (Å²) in [5.74, 6) is -0.852. The van der Waals surface area contributed by atoms with Crippen molar-refractivity contribution < 1.29 is 29.0 Å². The van der Waals surface area contributed by atoms with E-state index in [0.29, 0.717) is 31.7 Å². The highest BCUT2D eigenvalue weighted by molar-refractivity contribution is 7.99. The number of hydrogen-bond donors (Lipinski definition) is 3. The van der Waals surface area contributed by atoms with Gasteiger partial charge in [0.2, 0.25) is 5.91 Å². The van der Waals surface area contributed by atoms with Crippen LogP contribution in [0.4, 0.5) is 4.79 Å². The summed E-state index contributed by atoms with van der Waals surface area (Å²) >= 11 is 1.22. The van der Waals surface area contributed by atoms with E-state index in [1.807, 2.05) is 36.4 Å². The van der Waals surface area contributed by atoms with Crippen LogP contribution in [0.5, 0.6) is 0 Å². The number of carboxylic acids is 1. The standard InChI is InChI=1S/C25H30N2O6S/c1-32-13-6-11-22(24(30)26-12-14-34-16-23(28)29)27-25(31)33-15-21-19-9-4-2-7-17(19)18-8-3-5-10-20(18)21/h2-5,7-10,21-22H,6,11-16H2,1H3,(H,26,30)(H,27,31)(H,28,29). The van der Waals surface area contributed by atoms with Crippen LogP contribution in [0.1, 0.15) is 29.9 Å².